The van der Waals surface area contributed by atoms with E-state index in [1.54, 1.807) is 31.4 Å². The van der Waals surface area contributed by atoms with Gasteiger partial charge in [-0.3, -0.25) is 0 Å². The van der Waals surface area contributed by atoms with Crippen LogP contribution in [0, 0.1) is 11.8 Å². The van der Waals surface area contributed by atoms with Crippen molar-refractivity contribution >= 4 is 0 Å². The van der Waals surface area contributed by atoms with E-state index in [0.717, 1.165) is 17.7 Å². The molecule has 0 fully saturated rings. The smallest absolute Gasteiger partial charge is 0.416 e. The average molecular weight is 276 g/mol. The first-order chi connectivity index (χ1) is 9.49. The third-order valence-electron chi connectivity index (χ3n) is 2.63. The molecule has 20 heavy (non-hydrogen) atoms. The van der Waals surface area contributed by atoms with Crippen molar-refractivity contribution in [1.82, 2.24) is 0 Å². The number of alkyl halides is 3. The highest BCUT2D eigenvalue weighted by molar-refractivity contribution is 5.45. The zero-order chi connectivity index (χ0) is 14.6. The number of ether oxygens (including phenoxy) is 1. The van der Waals surface area contributed by atoms with Crippen molar-refractivity contribution in [2.45, 2.75) is 6.18 Å². The molecule has 0 spiro atoms. The highest BCUT2D eigenvalue weighted by Gasteiger charge is 2.29. The molecular formula is C16H11F3O. The van der Waals surface area contributed by atoms with Crippen molar-refractivity contribution in [1.29, 1.82) is 0 Å². The van der Waals surface area contributed by atoms with Crippen LogP contribution in [-0.2, 0) is 6.18 Å². The number of rotatable bonds is 1. The van der Waals surface area contributed by atoms with Crippen molar-refractivity contribution in [2.75, 3.05) is 7.11 Å². The Morgan fingerprint density at radius 2 is 1.55 bits per heavy atom. The molecule has 0 radical (unpaired) electrons. The van der Waals surface area contributed by atoms with Gasteiger partial charge in [0, 0.05) is 11.1 Å². The molecule has 0 aliphatic carbocycles. The summed E-state index contributed by atoms with van der Waals surface area (Å²) < 4.78 is 42.3. The maximum atomic E-state index is 12.4. The first kappa shape index (κ1) is 14.0. The summed E-state index contributed by atoms with van der Waals surface area (Å²) in [5.74, 6) is 6.39. The molecule has 0 aliphatic heterocycles. The fourth-order valence-corrected chi connectivity index (χ4v) is 1.59. The molecule has 0 aromatic heterocycles. The van der Waals surface area contributed by atoms with E-state index in [1.807, 2.05) is 0 Å². The molecule has 2 aromatic carbocycles. The van der Waals surface area contributed by atoms with Crippen LogP contribution in [0.15, 0.2) is 48.5 Å². The van der Waals surface area contributed by atoms with Gasteiger partial charge in [-0.15, -0.1) is 0 Å². The first-order valence-electron chi connectivity index (χ1n) is 5.82. The van der Waals surface area contributed by atoms with Gasteiger partial charge in [0.1, 0.15) is 5.75 Å². The highest BCUT2D eigenvalue weighted by atomic mass is 19.4. The van der Waals surface area contributed by atoms with Gasteiger partial charge in [-0.05, 0) is 42.5 Å². The number of hydrogen-bond acceptors (Lipinski definition) is 1. The molecule has 1 nitrogen and oxygen atoms in total. The minimum Gasteiger partial charge on any atom is -0.497 e. The number of benzene rings is 2. The zero-order valence-electron chi connectivity index (χ0n) is 10.7. The first-order valence-corrected chi connectivity index (χ1v) is 5.82. The van der Waals surface area contributed by atoms with Crippen LogP contribution in [-0.4, -0.2) is 7.11 Å². The van der Waals surface area contributed by atoms with Gasteiger partial charge in [0.05, 0.1) is 12.7 Å². The van der Waals surface area contributed by atoms with Gasteiger partial charge >= 0.3 is 6.18 Å². The van der Waals surface area contributed by atoms with Crippen LogP contribution < -0.4 is 4.74 Å². The van der Waals surface area contributed by atoms with Crippen molar-refractivity contribution in [3.8, 4) is 17.6 Å². The van der Waals surface area contributed by atoms with E-state index in [2.05, 4.69) is 11.8 Å². The predicted octanol–water partition coefficient (Wildman–Crippen LogP) is 4.11. The van der Waals surface area contributed by atoms with E-state index in [1.165, 1.54) is 12.1 Å². The van der Waals surface area contributed by atoms with E-state index >= 15 is 0 Å². The maximum Gasteiger partial charge on any atom is 0.416 e. The minimum atomic E-state index is -4.32. The number of hydrogen-bond donors (Lipinski definition) is 0. The number of halogens is 3. The monoisotopic (exact) mass is 276 g/mol. The van der Waals surface area contributed by atoms with Crippen molar-refractivity contribution in [2.24, 2.45) is 0 Å². The molecule has 0 atom stereocenters. The second kappa shape index (κ2) is 5.70. The fourth-order valence-electron chi connectivity index (χ4n) is 1.59. The van der Waals surface area contributed by atoms with Crippen LogP contribution in [0.2, 0.25) is 0 Å². The summed E-state index contributed by atoms with van der Waals surface area (Å²) in [7, 11) is 1.56. The molecule has 0 amide bonds. The molecule has 0 saturated heterocycles. The van der Waals surface area contributed by atoms with Crippen LogP contribution in [0.3, 0.4) is 0 Å². The summed E-state index contributed by atoms with van der Waals surface area (Å²) in [6.07, 6.45) is -4.32. The van der Waals surface area contributed by atoms with Crippen LogP contribution in [0.4, 0.5) is 13.2 Å². The summed E-state index contributed by atoms with van der Waals surface area (Å²) in [4.78, 5) is 0. The highest BCUT2D eigenvalue weighted by Crippen LogP contribution is 2.28. The third kappa shape index (κ3) is 3.55. The molecule has 0 unspecified atom stereocenters. The maximum absolute atomic E-state index is 12.4. The van der Waals surface area contributed by atoms with Gasteiger partial charge < -0.3 is 4.74 Å². The largest absolute Gasteiger partial charge is 0.497 e. The molecule has 0 aliphatic rings. The van der Waals surface area contributed by atoms with Gasteiger partial charge in [0.25, 0.3) is 0 Å². The van der Waals surface area contributed by atoms with E-state index in [-0.39, 0.29) is 0 Å². The summed E-state index contributed by atoms with van der Waals surface area (Å²) in [6, 6.07) is 11.9. The van der Waals surface area contributed by atoms with Crippen molar-refractivity contribution in [3.05, 3.63) is 65.2 Å². The standard InChI is InChI=1S/C16H11F3O/c1-20-15-4-2-3-13(11-15)6-5-12-7-9-14(10-8-12)16(17,18)19/h2-4,7-11H,1H3. The summed E-state index contributed by atoms with van der Waals surface area (Å²) >= 11 is 0. The second-order valence-corrected chi connectivity index (χ2v) is 4.06. The fraction of sp³-hybridized carbons (Fsp3) is 0.125. The average Bonchev–Trinajstić information content (AvgIpc) is 2.45. The third-order valence-corrected chi connectivity index (χ3v) is 2.63. The molecule has 4 heteroatoms. The Hall–Kier alpha value is -2.41. The SMILES string of the molecule is COc1cccc(C#Cc2ccc(C(F)(F)F)cc2)c1. The Bertz CT molecular complexity index is 646. The van der Waals surface area contributed by atoms with E-state index in [9.17, 15) is 13.2 Å². The van der Waals surface area contributed by atoms with E-state index < -0.39 is 11.7 Å². The lowest BCUT2D eigenvalue weighted by Gasteiger charge is -2.05. The van der Waals surface area contributed by atoms with Gasteiger partial charge in [0.15, 0.2) is 0 Å². The molecule has 0 N–H and O–H groups in total. The van der Waals surface area contributed by atoms with Gasteiger partial charge in [0.2, 0.25) is 0 Å². The van der Waals surface area contributed by atoms with Crippen molar-refractivity contribution in [3.63, 3.8) is 0 Å². The Morgan fingerprint density at radius 3 is 2.15 bits per heavy atom. The Morgan fingerprint density at radius 1 is 0.900 bits per heavy atom. The molecule has 102 valence electrons. The van der Waals surface area contributed by atoms with Crippen LogP contribution in [0.25, 0.3) is 0 Å². The lowest BCUT2D eigenvalue weighted by molar-refractivity contribution is -0.137. The predicted molar refractivity (Wildman–Crippen MR) is 70.4 cm³/mol. The van der Waals surface area contributed by atoms with E-state index in [0.29, 0.717) is 11.3 Å². The molecule has 2 aromatic rings. The summed E-state index contributed by atoms with van der Waals surface area (Å²) in [6.45, 7) is 0. The lowest BCUT2D eigenvalue weighted by Crippen LogP contribution is -2.04. The molecular weight excluding hydrogens is 265 g/mol. The number of methoxy groups -OCH3 is 1. The minimum absolute atomic E-state index is 0.529. The van der Waals surface area contributed by atoms with E-state index in [4.69, 9.17) is 4.74 Å². The normalized spacial score (nSPS) is 10.6. The van der Waals surface area contributed by atoms with Gasteiger partial charge in [-0.1, -0.05) is 17.9 Å². The van der Waals surface area contributed by atoms with Gasteiger partial charge in [-0.25, -0.2) is 0 Å². The molecule has 2 rings (SSSR count). The van der Waals surface area contributed by atoms with Crippen LogP contribution in [0.1, 0.15) is 16.7 Å². The van der Waals surface area contributed by atoms with Crippen molar-refractivity contribution < 1.29 is 17.9 Å². The topological polar surface area (TPSA) is 9.23 Å². The molecule has 0 heterocycles. The summed E-state index contributed by atoms with van der Waals surface area (Å²) in [5.41, 5.74) is 0.592. The molecule has 0 saturated carbocycles. The Balaban J connectivity index is 2.20. The second-order valence-electron chi connectivity index (χ2n) is 4.06. The van der Waals surface area contributed by atoms with Crippen LogP contribution in [0.5, 0.6) is 5.75 Å². The van der Waals surface area contributed by atoms with Gasteiger partial charge in [-0.2, -0.15) is 13.2 Å². The Kier molecular flexibility index (Phi) is 3.99. The van der Waals surface area contributed by atoms with Crippen LogP contribution >= 0.6 is 0 Å². The zero-order valence-corrected chi connectivity index (χ0v) is 10.7. The Labute approximate surface area is 115 Å². The summed E-state index contributed by atoms with van der Waals surface area (Å²) in [5, 5.41) is 0. The molecule has 0 bridgehead atoms. The quantitative estimate of drug-likeness (QED) is 0.712. The lowest BCUT2D eigenvalue weighted by atomic mass is 10.1.